The summed E-state index contributed by atoms with van der Waals surface area (Å²) in [6.07, 6.45) is 0. The summed E-state index contributed by atoms with van der Waals surface area (Å²) in [5.74, 6) is -1.51. The number of aliphatic hydroxyl groups excluding tert-OH is 1. The number of methoxy groups -OCH3 is 3. The topological polar surface area (TPSA) is 112 Å². The van der Waals surface area contributed by atoms with Crippen molar-refractivity contribution in [2.45, 2.75) is 13.0 Å². The molecule has 0 spiro atoms. The zero-order valence-corrected chi connectivity index (χ0v) is 21.7. The van der Waals surface area contributed by atoms with Gasteiger partial charge in [-0.3, -0.25) is 19.3 Å². The summed E-state index contributed by atoms with van der Waals surface area (Å²) in [6, 6.07) is 14.7. The summed E-state index contributed by atoms with van der Waals surface area (Å²) in [5.41, 5.74) is 0.767. The number of nitrogens with zero attached hydrogens (tertiary/aromatic N) is 1. The van der Waals surface area contributed by atoms with Crippen LogP contribution in [0.25, 0.3) is 5.76 Å². The summed E-state index contributed by atoms with van der Waals surface area (Å²) < 4.78 is 21.1. The Kier molecular flexibility index (Phi) is 7.59. The van der Waals surface area contributed by atoms with Gasteiger partial charge in [-0.15, -0.1) is 0 Å². The monoisotopic (exact) mass is 537 g/mol. The molecular formula is C28H24ClNO8. The summed E-state index contributed by atoms with van der Waals surface area (Å²) in [5, 5.41) is 11.7. The fourth-order valence-electron chi connectivity index (χ4n) is 4.25. The molecule has 0 aromatic heterocycles. The number of esters is 1. The molecule has 1 aliphatic rings. The highest BCUT2D eigenvalue weighted by Crippen LogP contribution is 2.45. The van der Waals surface area contributed by atoms with Gasteiger partial charge in [-0.2, -0.15) is 0 Å². The van der Waals surface area contributed by atoms with Gasteiger partial charge < -0.3 is 24.1 Å². The highest BCUT2D eigenvalue weighted by Gasteiger charge is 2.47. The van der Waals surface area contributed by atoms with Crippen molar-refractivity contribution in [2.24, 2.45) is 0 Å². The molecule has 0 bridgehead atoms. The van der Waals surface area contributed by atoms with Crippen LogP contribution in [0.15, 0.2) is 66.2 Å². The predicted molar refractivity (Wildman–Crippen MR) is 140 cm³/mol. The van der Waals surface area contributed by atoms with Gasteiger partial charge in [0.05, 0.1) is 43.5 Å². The molecule has 10 heteroatoms. The normalized spacial score (nSPS) is 16.3. The van der Waals surface area contributed by atoms with Crippen molar-refractivity contribution in [3.8, 4) is 23.0 Å². The maximum Gasteiger partial charge on any atom is 0.308 e. The van der Waals surface area contributed by atoms with Crippen LogP contribution in [0.4, 0.5) is 5.69 Å². The van der Waals surface area contributed by atoms with Crippen molar-refractivity contribution in [1.29, 1.82) is 0 Å². The molecular weight excluding hydrogens is 514 g/mol. The molecule has 0 saturated carbocycles. The second kappa shape index (κ2) is 10.9. The van der Waals surface area contributed by atoms with Crippen LogP contribution in [0.3, 0.4) is 0 Å². The fourth-order valence-corrected chi connectivity index (χ4v) is 4.49. The van der Waals surface area contributed by atoms with E-state index in [1.165, 1.54) is 57.4 Å². The summed E-state index contributed by atoms with van der Waals surface area (Å²) in [4.78, 5) is 39.5. The number of carbonyl (C=O) groups excluding carboxylic acids is 3. The van der Waals surface area contributed by atoms with E-state index in [9.17, 15) is 19.5 Å². The van der Waals surface area contributed by atoms with Gasteiger partial charge in [0, 0.05) is 24.7 Å². The van der Waals surface area contributed by atoms with Crippen molar-refractivity contribution >= 4 is 40.7 Å². The van der Waals surface area contributed by atoms with Gasteiger partial charge in [-0.1, -0.05) is 29.8 Å². The average Bonchev–Trinajstić information content (AvgIpc) is 3.18. The second-order valence-corrected chi connectivity index (χ2v) is 8.63. The number of anilines is 1. The predicted octanol–water partition coefficient (Wildman–Crippen LogP) is 4.92. The van der Waals surface area contributed by atoms with Crippen molar-refractivity contribution in [1.82, 2.24) is 0 Å². The molecule has 1 heterocycles. The Labute approximate surface area is 223 Å². The molecule has 0 radical (unpaired) electrons. The van der Waals surface area contributed by atoms with Crippen molar-refractivity contribution < 1.29 is 38.4 Å². The number of carbonyl (C=O) groups is 3. The maximum absolute atomic E-state index is 13.5. The number of ether oxygens (including phenoxy) is 4. The Balaban J connectivity index is 1.96. The van der Waals surface area contributed by atoms with Gasteiger partial charge >= 0.3 is 5.97 Å². The van der Waals surface area contributed by atoms with Crippen LogP contribution in [0.1, 0.15) is 24.1 Å². The Morgan fingerprint density at radius 1 is 0.895 bits per heavy atom. The number of Topliss-reactive ketones (excluding diaryl/α,β-unsaturated/α-hetero) is 1. The fraction of sp³-hybridized carbons (Fsp3) is 0.179. The molecule has 1 aliphatic heterocycles. The first-order valence-electron chi connectivity index (χ1n) is 11.4. The van der Waals surface area contributed by atoms with Crippen molar-refractivity contribution in [2.75, 3.05) is 26.2 Å². The number of aliphatic hydroxyl groups is 1. The third-order valence-corrected chi connectivity index (χ3v) is 6.26. The summed E-state index contributed by atoms with van der Waals surface area (Å²) >= 11 is 6.31. The minimum Gasteiger partial charge on any atom is -0.507 e. The minimum absolute atomic E-state index is 0.100. The van der Waals surface area contributed by atoms with E-state index >= 15 is 0 Å². The Morgan fingerprint density at radius 2 is 1.58 bits per heavy atom. The molecule has 3 aromatic carbocycles. The largest absolute Gasteiger partial charge is 0.507 e. The van der Waals surface area contributed by atoms with E-state index < -0.39 is 29.5 Å². The van der Waals surface area contributed by atoms with Gasteiger partial charge in [0.2, 0.25) is 0 Å². The van der Waals surface area contributed by atoms with Crippen LogP contribution in [0, 0.1) is 0 Å². The third kappa shape index (κ3) is 4.88. The van der Waals surface area contributed by atoms with Crippen molar-refractivity contribution in [3.05, 3.63) is 82.4 Å². The van der Waals surface area contributed by atoms with E-state index in [1.54, 1.807) is 36.4 Å². The third-order valence-electron chi connectivity index (χ3n) is 5.96. The first-order valence-corrected chi connectivity index (χ1v) is 11.7. The smallest absolute Gasteiger partial charge is 0.308 e. The Hall–Kier alpha value is -4.50. The van der Waals surface area contributed by atoms with Crippen LogP contribution in [0.2, 0.25) is 5.02 Å². The van der Waals surface area contributed by atoms with Crippen LogP contribution in [-0.4, -0.2) is 44.1 Å². The number of amides is 1. The Morgan fingerprint density at radius 3 is 2.18 bits per heavy atom. The molecule has 1 atom stereocenters. The lowest BCUT2D eigenvalue weighted by molar-refractivity contribution is -0.132. The number of rotatable bonds is 7. The van der Waals surface area contributed by atoms with Crippen LogP contribution in [0.5, 0.6) is 23.0 Å². The van der Waals surface area contributed by atoms with Gasteiger partial charge in [-0.25, -0.2) is 0 Å². The molecule has 1 N–H and O–H groups in total. The number of hydrogen-bond acceptors (Lipinski definition) is 8. The van der Waals surface area contributed by atoms with E-state index in [0.717, 1.165) is 0 Å². The standard InChI is InChI=1S/C28H24ClNO8/c1-15(31)38-18-10-8-16(9-11-18)25-24(26(32)20-13-21(29)23(37-4)14-22(20)36-3)27(33)28(34)30(25)17-6-5-7-19(12-17)35-2/h5-14,25,32H,1-4H3/b26-24+. The second-order valence-electron chi connectivity index (χ2n) is 8.22. The molecule has 1 amide bonds. The van der Waals surface area contributed by atoms with E-state index in [2.05, 4.69) is 0 Å². The number of benzene rings is 3. The van der Waals surface area contributed by atoms with Gasteiger partial charge in [-0.05, 0) is 35.9 Å². The highest BCUT2D eigenvalue weighted by atomic mass is 35.5. The summed E-state index contributed by atoms with van der Waals surface area (Å²) in [6.45, 7) is 1.28. The molecule has 1 unspecified atom stereocenters. The van der Waals surface area contributed by atoms with Gasteiger partial charge in [0.15, 0.2) is 0 Å². The molecule has 1 saturated heterocycles. The van der Waals surface area contributed by atoms with Crippen LogP contribution in [-0.2, 0) is 14.4 Å². The highest BCUT2D eigenvalue weighted by molar-refractivity contribution is 6.51. The van der Waals surface area contributed by atoms with Crippen molar-refractivity contribution in [3.63, 3.8) is 0 Å². The number of halogens is 1. The minimum atomic E-state index is -1.04. The van der Waals surface area contributed by atoms with Gasteiger partial charge in [0.1, 0.15) is 28.8 Å². The lowest BCUT2D eigenvalue weighted by Crippen LogP contribution is -2.29. The zero-order chi connectivity index (χ0) is 27.6. The molecule has 0 aliphatic carbocycles. The van der Waals surface area contributed by atoms with Crippen LogP contribution < -0.4 is 23.8 Å². The molecule has 38 heavy (non-hydrogen) atoms. The maximum atomic E-state index is 13.5. The Bertz CT molecular complexity index is 1450. The van der Waals surface area contributed by atoms with E-state index in [0.29, 0.717) is 22.7 Å². The zero-order valence-electron chi connectivity index (χ0n) is 21.0. The number of ketones is 1. The van der Waals surface area contributed by atoms with E-state index in [1.807, 2.05) is 0 Å². The SMILES string of the molecule is COc1cccc(N2C(=O)C(=O)/C(=C(/O)c3cc(Cl)c(OC)cc3OC)C2c2ccc(OC(C)=O)cc2)c1. The molecule has 1 fully saturated rings. The average molecular weight is 538 g/mol. The van der Waals surface area contributed by atoms with E-state index in [4.69, 9.17) is 30.5 Å². The molecule has 9 nitrogen and oxygen atoms in total. The van der Waals surface area contributed by atoms with E-state index in [-0.39, 0.29) is 27.7 Å². The quantitative estimate of drug-likeness (QED) is 0.149. The van der Waals surface area contributed by atoms with Gasteiger partial charge in [0.25, 0.3) is 11.7 Å². The van der Waals surface area contributed by atoms with Crippen LogP contribution >= 0.6 is 11.6 Å². The molecule has 4 rings (SSSR count). The lowest BCUT2D eigenvalue weighted by Gasteiger charge is -2.26. The number of hydrogen-bond donors (Lipinski definition) is 1. The molecule has 3 aromatic rings. The lowest BCUT2D eigenvalue weighted by atomic mass is 9.94. The first-order chi connectivity index (χ1) is 18.2. The molecule has 196 valence electrons. The summed E-state index contributed by atoms with van der Waals surface area (Å²) in [7, 11) is 4.30. The first kappa shape index (κ1) is 26.6.